The highest BCUT2D eigenvalue weighted by molar-refractivity contribution is 7.16. The molecule has 0 spiro atoms. The maximum atomic E-state index is 9.14. The second-order valence-corrected chi connectivity index (χ2v) is 5.73. The van der Waals surface area contributed by atoms with Crippen molar-refractivity contribution in [1.29, 1.82) is 0 Å². The van der Waals surface area contributed by atoms with Crippen LogP contribution in [0.1, 0.15) is 26.7 Å². The minimum absolute atomic E-state index is 0.142. The number of fused-ring (bicyclic) bond motifs is 1. The minimum Gasteiger partial charge on any atom is -0.396 e. The van der Waals surface area contributed by atoms with Crippen molar-refractivity contribution in [2.75, 3.05) is 11.9 Å². The first-order valence-electron chi connectivity index (χ1n) is 5.88. The van der Waals surface area contributed by atoms with E-state index in [1.807, 2.05) is 11.4 Å². The van der Waals surface area contributed by atoms with Crippen LogP contribution < -0.4 is 5.32 Å². The van der Waals surface area contributed by atoms with Crippen LogP contribution >= 0.6 is 22.9 Å². The van der Waals surface area contributed by atoms with Gasteiger partial charge in [0.05, 0.1) is 5.39 Å². The van der Waals surface area contributed by atoms with E-state index < -0.39 is 0 Å². The molecule has 1 unspecified atom stereocenters. The summed E-state index contributed by atoms with van der Waals surface area (Å²) in [5.74, 6) is 0.740. The maximum Gasteiger partial charge on any atom is 0.225 e. The molecule has 0 fully saturated rings. The lowest BCUT2D eigenvalue weighted by atomic mass is 9.95. The Balaban J connectivity index is 2.38. The van der Waals surface area contributed by atoms with Crippen LogP contribution in [0.4, 0.5) is 5.82 Å². The largest absolute Gasteiger partial charge is 0.396 e. The molecular weight excluding hydrogens is 270 g/mol. The predicted molar refractivity (Wildman–Crippen MR) is 76.4 cm³/mol. The fourth-order valence-electron chi connectivity index (χ4n) is 1.78. The summed E-state index contributed by atoms with van der Waals surface area (Å²) in [6.45, 7) is 4.29. The van der Waals surface area contributed by atoms with Gasteiger partial charge in [0.2, 0.25) is 5.28 Å². The Morgan fingerprint density at radius 1 is 1.50 bits per heavy atom. The molecule has 0 saturated heterocycles. The van der Waals surface area contributed by atoms with Crippen molar-refractivity contribution in [2.45, 2.75) is 32.2 Å². The highest BCUT2D eigenvalue weighted by Gasteiger charge is 2.23. The molecular formula is C12H16ClN3OS. The summed E-state index contributed by atoms with van der Waals surface area (Å²) in [6.07, 6.45) is 1.55. The molecule has 98 valence electrons. The Labute approximate surface area is 115 Å². The summed E-state index contributed by atoms with van der Waals surface area (Å²) in [4.78, 5) is 9.31. The topological polar surface area (TPSA) is 58.0 Å². The molecule has 0 saturated carbocycles. The van der Waals surface area contributed by atoms with Gasteiger partial charge in [-0.2, -0.15) is 0 Å². The summed E-state index contributed by atoms with van der Waals surface area (Å²) in [5, 5.41) is 15.7. The number of halogens is 1. The third kappa shape index (κ3) is 2.74. The number of thiophene rings is 1. The van der Waals surface area contributed by atoms with Gasteiger partial charge in [-0.1, -0.05) is 6.92 Å². The van der Waals surface area contributed by atoms with E-state index in [4.69, 9.17) is 16.7 Å². The number of hydrogen-bond donors (Lipinski definition) is 2. The molecule has 0 bridgehead atoms. The zero-order valence-electron chi connectivity index (χ0n) is 10.4. The van der Waals surface area contributed by atoms with E-state index in [9.17, 15) is 0 Å². The zero-order chi connectivity index (χ0) is 13.2. The number of aliphatic hydroxyl groups excluding tert-OH is 1. The van der Waals surface area contributed by atoms with Crippen molar-refractivity contribution in [3.63, 3.8) is 0 Å². The molecule has 2 aromatic heterocycles. The van der Waals surface area contributed by atoms with Crippen molar-refractivity contribution in [2.24, 2.45) is 0 Å². The van der Waals surface area contributed by atoms with Crippen LogP contribution in [-0.4, -0.2) is 27.2 Å². The first-order chi connectivity index (χ1) is 8.58. The SMILES string of the molecule is CCC(C)(CCO)Nc1nc(Cl)nc2sccc12. The van der Waals surface area contributed by atoms with Crippen LogP contribution in [0.25, 0.3) is 10.2 Å². The van der Waals surface area contributed by atoms with Crippen molar-refractivity contribution in [3.8, 4) is 0 Å². The maximum absolute atomic E-state index is 9.14. The molecule has 2 aromatic rings. The predicted octanol–water partition coefficient (Wildman–Crippen LogP) is 3.31. The number of hydrogen-bond acceptors (Lipinski definition) is 5. The van der Waals surface area contributed by atoms with Gasteiger partial charge in [0, 0.05) is 12.1 Å². The molecule has 0 radical (unpaired) electrons. The molecule has 6 heteroatoms. The summed E-state index contributed by atoms with van der Waals surface area (Å²) in [6, 6.07) is 1.98. The van der Waals surface area contributed by atoms with Crippen LogP contribution in [0, 0.1) is 0 Å². The van der Waals surface area contributed by atoms with Gasteiger partial charge in [0.1, 0.15) is 10.6 Å². The summed E-state index contributed by atoms with van der Waals surface area (Å²) in [7, 11) is 0. The highest BCUT2D eigenvalue weighted by atomic mass is 35.5. The van der Waals surface area contributed by atoms with Gasteiger partial charge in [-0.25, -0.2) is 9.97 Å². The molecule has 0 aliphatic rings. The standard InChI is InChI=1S/C12H16ClN3OS/c1-3-12(2,5-6-17)16-9-8-4-7-18-10(8)15-11(13)14-9/h4,7,17H,3,5-6H2,1-2H3,(H,14,15,16). The van der Waals surface area contributed by atoms with Gasteiger partial charge >= 0.3 is 0 Å². The first-order valence-corrected chi connectivity index (χ1v) is 7.13. The second-order valence-electron chi connectivity index (χ2n) is 4.49. The molecule has 0 aliphatic carbocycles. The molecule has 2 rings (SSSR count). The fourth-order valence-corrected chi connectivity index (χ4v) is 2.77. The number of aliphatic hydroxyl groups is 1. The first kappa shape index (κ1) is 13.5. The van der Waals surface area contributed by atoms with Gasteiger partial charge in [0.25, 0.3) is 0 Å². The van der Waals surface area contributed by atoms with E-state index in [0.717, 1.165) is 22.5 Å². The number of aromatic nitrogens is 2. The van der Waals surface area contributed by atoms with Crippen molar-refractivity contribution in [3.05, 3.63) is 16.7 Å². The molecule has 4 nitrogen and oxygen atoms in total. The average molecular weight is 286 g/mol. The Morgan fingerprint density at radius 3 is 2.94 bits per heavy atom. The fraction of sp³-hybridized carbons (Fsp3) is 0.500. The molecule has 2 N–H and O–H groups in total. The Hall–Kier alpha value is -0.910. The molecule has 1 atom stereocenters. The molecule has 0 aliphatic heterocycles. The summed E-state index contributed by atoms with van der Waals surface area (Å²) in [5.41, 5.74) is -0.193. The monoisotopic (exact) mass is 285 g/mol. The van der Waals surface area contributed by atoms with Gasteiger partial charge in [0.15, 0.2) is 0 Å². The van der Waals surface area contributed by atoms with E-state index in [1.165, 1.54) is 11.3 Å². The summed E-state index contributed by atoms with van der Waals surface area (Å²) >= 11 is 7.46. The Morgan fingerprint density at radius 2 is 2.28 bits per heavy atom. The van der Waals surface area contributed by atoms with Gasteiger partial charge < -0.3 is 10.4 Å². The van der Waals surface area contributed by atoms with Crippen molar-refractivity contribution < 1.29 is 5.11 Å². The second kappa shape index (κ2) is 5.38. The van der Waals surface area contributed by atoms with Gasteiger partial charge in [-0.3, -0.25) is 0 Å². The Kier molecular flexibility index (Phi) is 4.04. The lowest BCUT2D eigenvalue weighted by molar-refractivity contribution is 0.252. The lowest BCUT2D eigenvalue weighted by Gasteiger charge is -2.29. The van der Waals surface area contributed by atoms with E-state index in [1.54, 1.807) is 0 Å². The Bertz CT molecular complexity index is 545. The van der Waals surface area contributed by atoms with Crippen molar-refractivity contribution in [1.82, 2.24) is 9.97 Å². The molecule has 0 amide bonds. The third-order valence-electron chi connectivity index (χ3n) is 3.16. The van der Waals surface area contributed by atoms with Crippen LogP contribution in [0.15, 0.2) is 11.4 Å². The highest BCUT2D eigenvalue weighted by Crippen LogP contribution is 2.30. The molecule has 0 aromatic carbocycles. The van der Waals surface area contributed by atoms with E-state index in [2.05, 4.69) is 29.1 Å². The number of anilines is 1. The smallest absolute Gasteiger partial charge is 0.225 e. The quantitative estimate of drug-likeness (QED) is 0.828. The van der Waals surface area contributed by atoms with Gasteiger partial charge in [-0.15, -0.1) is 11.3 Å². The van der Waals surface area contributed by atoms with Crippen LogP contribution in [0.2, 0.25) is 5.28 Å². The molecule has 18 heavy (non-hydrogen) atoms. The third-order valence-corrected chi connectivity index (χ3v) is 4.14. The van der Waals surface area contributed by atoms with Crippen LogP contribution in [0.5, 0.6) is 0 Å². The van der Waals surface area contributed by atoms with Crippen molar-refractivity contribution >= 4 is 39.0 Å². The molecule has 2 heterocycles. The normalized spacial score (nSPS) is 14.7. The lowest BCUT2D eigenvalue weighted by Crippen LogP contribution is -2.35. The van der Waals surface area contributed by atoms with Crippen LogP contribution in [-0.2, 0) is 0 Å². The number of nitrogens with one attached hydrogen (secondary N) is 1. The number of nitrogens with zero attached hydrogens (tertiary/aromatic N) is 2. The number of rotatable bonds is 5. The van der Waals surface area contributed by atoms with Crippen LogP contribution in [0.3, 0.4) is 0 Å². The van der Waals surface area contributed by atoms with E-state index in [-0.39, 0.29) is 17.4 Å². The van der Waals surface area contributed by atoms with E-state index >= 15 is 0 Å². The summed E-state index contributed by atoms with van der Waals surface area (Å²) < 4.78 is 0. The minimum atomic E-state index is -0.193. The average Bonchev–Trinajstić information content (AvgIpc) is 2.77. The van der Waals surface area contributed by atoms with Gasteiger partial charge in [-0.05, 0) is 42.8 Å². The van der Waals surface area contributed by atoms with E-state index in [0.29, 0.717) is 6.42 Å². The zero-order valence-corrected chi connectivity index (χ0v) is 12.0.